The van der Waals surface area contributed by atoms with Crippen LogP contribution in [-0.2, 0) is 11.5 Å². The van der Waals surface area contributed by atoms with Crippen LogP contribution in [0.1, 0.15) is 0 Å². The van der Waals surface area contributed by atoms with Crippen molar-refractivity contribution >= 4 is 24.9 Å². The fourth-order valence-corrected chi connectivity index (χ4v) is 2.43. The molecule has 0 radical (unpaired) electrons. The Morgan fingerprint density at radius 2 is 2.16 bits per heavy atom. The second kappa shape index (κ2) is 5.26. The Morgan fingerprint density at radius 3 is 2.84 bits per heavy atom. The van der Waals surface area contributed by atoms with E-state index in [0.29, 0.717) is 17.6 Å². The number of pyridine rings is 1. The molecule has 0 atom stereocenters. The van der Waals surface area contributed by atoms with Gasteiger partial charge in [0.15, 0.2) is 11.5 Å². The number of hydrogen-bond donors (Lipinski definition) is 1. The number of rotatable bonds is 5. The van der Waals surface area contributed by atoms with Crippen LogP contribution in [0, 0.1) is 5.82 Å². The van der Waals surface area contributed by atoms with Crippen molar-refractivity contribution in [3.63, 3.8) is 0 Å². The number of nitrogens with two attached hydrogens (primary N) is 1. The second-order valence-corrected chi connectivity index (χ2v) is 11.4. The third-order valence-electron chi connectivity index (χ3n) is 2.79. The van der Waals surface area contributed by atoms with Crippen LogP contribution < -0.4 is 5.73 Å². The van der Waals surface area contributed by atoms with E-state index in [9.17, 15) is 4.39 Å². The maximum absolute atomic E-state index is 13.1. The van der Waals surface area contributed by atoms with E-state index in [0.717, 1.165) is 12.2 Å². The largest absolute Gasteiger partial charge is 0.382 e. The number of anilines is 1. The molecular formula is C12H19FN4OSi. The summed E-state index contributed by atoms with van der Waals surface area (Å²) in [5.74, 6) is -0.144. The number of nitrogens with zero attached hydrogens (tertiary/aromatic N) is 3. The van der Waals surface area contributed by atoms with Crippen LogP contribution in [0.5, 0.6) is 0 Å². The van der Waals surface area contributed by atoms with Gasteiger partial charge in [0, 0.05) is 14.7 Å². The molecule has 2 heterocycles. The molecule has 5 nitrogen and oxygen atoms in total. The van der Waals surface area contributed by atoms with Crippen LogP contribution in [0.3, 0.4) is 0 Å². The molecular weight excluding hydrogens is 263 g/mol. The van der Waals surface area contributed by atoms with E-state index < -0.39 is 13.9 Å². The Labute approximate surface area is 112 Å². The highest BCUT2D eigenvalue weighted by molar-refractivity contribution is 6.76. The topological polar surface area (TPSA) is 66.0 Å². The Kier molecular flexibility index (Phi) is 3.86. The Hall–Kier alpha value is -1.47. The smallest absolute Gasteiger partial charge is 0.162 e. The predicted molar refractivity (Wildman–Crippen MR) is 76.0 cm³/mol. The lowest BCUT2D eigenvalue weighted by Crippen LogP contribution is -2.22. The summed E-state index contributed by atoms with van der Waals surface area (Å²) in [5, 5.41) is 4.64. The zero-order valence-corrected chi connectivity index (χ0v) is 12.5. The summed E-state index contributed by atoms with van der Waals surface area (Å²) in [7, 11) is -1.10. The van der Waals surface area contributed by atoms with Gasteiger partial charge in [0.25, 0.3) is 0 Å². The first-order valence-corrected chi connectivity index (χ1v) is 9.93. The summed E-state index contributed by atoms with van der Waals surface area (Å²) < 4.78 is 20.2. The lowest BCUT2D eigenvalue weighted by molar-refractivity contribution is 0.0815. The summed E-state index contributed by atoms with van der Waals surface area (Å²) in [6.07, 6.45) is 1.15. The van der Waals surface area contributed by atoms with Gasteiger partial charge in [-0.05, 0) is 12.1 Å². The van der Waals surface area contributed by atoms with Crippen molar-refractivity contribution in [3.8, 4) is 0 Å². The van der Waals surface area contributed by atoms with Gasteiger partial charge in [-0.25, -0.2) is 14.1 Å². The van der Waals surface area contributed by atoms with Crippen LogP contribution in [-0.4, -0.2) is 29.4 Å². The third-order valence-corrected chi connectivity index (χ3v) is 4.50. The number of aromatic nitrogens is 3. The molecule has 0 aliphatic heterocycles. The van der Waals surface area contributed by atoms with E-state index in [1.807, 2.05) is 0 Å². The van der Waals surface area contributed by atoms with Gasteiger partial charge in [-0.15, -0.1) is 0 Å². The molecule has 0 fully saturated rings. The molecule has 0 bridgehead atoms. The zero-order valence-electron chi connectivity index (χ0n) is 11.5. The van der Waals surface area contributed by atoms with Crippen LogP contribution in [0.25, 0.3) is 11.0 Å². The highest BCUT2D eigenvalue weighted by atomic mass is 28.3. The molecule has 104 valence electrons. The first-order valence-electron chi connectivity index (χ1n) is 6.22. The molecule has 0 amide bonds. The minimum atomic E-state index is -1.10. The molecule has 0 unspecified atom stereocenters. The molecule has 0 aromatic carbocycles. The lowest BCUT2D eigenvalue weighted by atomic mass is 10.3. The Balaban J connectivity index is 2.05. The van der Waals surface area contributed by atoms with Gasteiger partial charge >= 0.3 is 0 Å². The molecule has 2 aromatic rings. The molecule has 0 spiro atoms. The van der Waals surface area contributed by atoms with Crippen molar-refractivity contribution in [1.82, 2.24) is 14.8 Å². The molecule has 2 N–H and O–H groups in total. The molecule has 0 aliphatic carbocycles. The molecule has 0 aliphatic rings. The zero-order chi connectivity index (χ0) is 14.0. The maximum atomic E-state index is 13.1. The molecule has 2 aromatic heterocycles. The first kappa shape index (κ1) is 13.9. The SMILES string of the molecule is C[Si](C)(C)CCOCn1nc(N)c2cc(F)cnc21. The van der Waals surface area contributed by atoms with Gasteiger partial charge in [-0.3, -0.25) is 0 Å². The number of halogens is 1. The van der Waals surface area contributed by atoms with E-state index in [1.165, 1.54) is 6.07 Å². The van der Waals surface area contributed by atoms with E-state index in [-0.39, 0.29) is 12.5 Å². The van der Waals surface area contributed by atoms with Crippen molar-refractivity contribution in [2.45, 2.75) is 32.4 Å². The number of fused-ring (bicyclic) bond motifs is 1. The van der Waals surface area contributed by atoms with E-state index in [1.54, 1.807) is 4.68 Å². The summed E-state index contributed by atoms with van der Waals surface area (Å²) >= 11 is 0. The van der Waals surface area contributed by atoms with Gasteiger partial charge in [-0.2, -0.15) is 5.10 Å². The van der Waals surface area contributed by atoms with Crippen LogP contribution in [0.2, 0.25) is 25.7 Å². The Bertz CT molecular complexity index is 579. The lowest BCUT2D eigenvalue weighted by Gasteiger charge is -2.15. The normalized spacial score (nSPS) is 12.2. The number of nitrogen functional groups attached to an aromatic ring is 1. The average Bonchev–Trinajstić information content (AvgIpc) is 2.60. The van der Waals surface area contributed by atoms with Crippen LogP contribution >= 0.6 is 0 Å². The van der Waals surface area contributed by atoms with Crippen molar-refractivity contribution in [1.29, 1.82) is 0 Å². The monoisotopic (exact) mass is 282 g/mol. The number of hydrogen-bond acceptors (Lipinski definition) is 4. The Morgan fingerprint density at radius 1 is 1.42 bits per heavy atom. The van der Waals surface area contributed by atoms with Crippen LogP contribution in [0.4, 0.5) is 10.2 Å². The fraction of sp³-hybridized carbons (Fsp3) is 0.500. The van der Waals surface area contributed by atoms with Gasteiger partial charge in [-0.1, -0.05) is 19.6 Å². The van der Waals surface area contributed by atoms with Crippen LogP contribution in [0.15, 0.2) is 12.3 Å². The first-order chi connectivity index (χ1) is 8.87. The quantitative estimate of drug-likeness (QED) is 0.676. The second-order valence-electron chi connectivity index (χ2n) is 5.76. The molecule has 0 saturated heterocycles. The average molecular weight is 282 g/mol. The van der Waals surface area contributed by atoms with Gasteiger partial charge in [0.1, 0.15) is 12.5 Å². The summed E-state index contributed by atoms with van der Waals surface area (Å²) in [6, 6.07) is 2.42. The van der Waals surface area contributed by atoms with E-state index in [4.69, 9.17) is 10.5 Å². The maximum Gasteiger partial charge on any atom is 0.162 e. The van der Waals surface area contributed by atoms with Crippen molar-refractivity contribution in [2.24, 2.45) is 0 Å². The van der Waals surface area contributed by atoms with E-state index >= 15 is 0 Å². The molecule has 19 heavy (non-hydrogen) atoms. The molecule has 0 saturated carbocycles. The summed E-state index contributed by atoms with van der Waals surface area (Å²) in [4.78, 5) is 4.00. The standard InChI is InChI=1S/C12H19FN4OSi/c1-19(2,3)5-4-18-8-17-12-10(11(14)16-17)6-9(13)7-15-12/h6-7H,4-5,8H2,1-3H3,(H2,14,16). The number of ether oxygens (including phenoxy) is 1. The fourth-order valence-electron chi connectivity index (χ4n) is 1.68. The molecule has 7 heteroatoms. The predicted octanol–water partition coefficient (Wildman–Crippen LogP) is 2.46. The van der Waals surface area contributed by atoms with Gasteiger partial charge in [0.2, 0.25) is 0 Å². The highest BCUT2D eigenvalue weighted by Crippen LogP contribution is 2.19. The summed E-state index contributed by atoms with van der Waals surface area (Å²) in [5.41, 5.74) is 6.28. The van der Waals surface area contributed by atoms with E-state index in [2.05, 4.69) is 29.7 Å². The van der Waals surface area contributed by atoms with Gasteiger partial charge in [0.05, 0.1) is 11.6 Å². The third kappa shape index (κ3) is 3.51. The van der Waals surface area contributed by atoms with Crippen molar-refractivity contribution in [2.75, 3.05) is 12.3 Å². The highest BCUT2D eigenvalue weighted by Gasteiger charge is 2.13. The minimum absolute atomic E-state index is 0.274. The van der Waals surface area contributed by atoms with Crippen molar-refractivity contribution < 1.29 is 9.13 Å². The minimum Gasteiger partial charge on any atom is -0.382 e. The van der Waals surface area contributed by atoms with Gasteiger partial charge < -0.3 is 10.5 Å². The molecule has 2 rings (SSSR count). The summed E-state index contributed by atoms with van der Waals surface area (Å²) in [6.45, 7) is 7.86. The van der Waals surface area contributed by atoms with Crippen molar-refractivity contribution in [3.05, 3.63) is 18.1 Å².